The molecule has 0 atom stereocenters. The van der Waals surface area contributed by atoms with Gasteiger partial charge in [0.2, 0.25) is 5.88 Å². The molecule has 0 unspecified atom stereocenters. The van der Waals surface area contributed by atoms with E-state index in [1.54, 1.807) is 12.1 Å². The summed E-state index contributed by atoms with van der Waals surface area (Å²) in [7, 11) is 1.60. The highest BCUT2D eigenvalue weighted by atomic mass is 16.5. The van der Waals surface area contributed by atoms with Crippen LogP contribution < -0.4 is 5.84 Å². The van der Waals surface area contributed by atoms with Crippen molar-refractivity contribution in [3.8, 4) is 0 Å². The Hall–Kier alpha value is -0.960. The first kappa shape index (κ1) is 6.16. The molecule has 50 valence electrons. The van der Waals surface area contributed by atoms with E-state index in [-0.39, 0.29) is 0 Å². The Morgan fingerprint density at radius 2 is 2.56 bits per heavy atom. The lowest BCUT2D eigenvalue weighted by atomic mass is 10.4. The summed E-state index contributed by atoms with van der Waals surface area (Å²) in [5.41, 5.74) is 0. The van der Waals surface area contributed by atoms with Gasteiger partial charge in [-0.2, -0.15) is 0 Å². The van der Waals surface area contributed by atoms with E-state index >= 15 is 0 Å². The van der Waals surface area contributed by atoms with Gasteiger partial charge in [0.15, 0.2) is 0 Å². The number of rotatable bonds is 1. The lowest BCUT2D eigenvalue weighted by molar-refractivity contribution is 0.162. The van der Waals surface area contributed by atoms with E-state index in [9.17, 15) is 0 Å². The molecule has 1 rings (SSSR count). The van der Waals surface area contributed by atoms with E-state index in [4.69, 9.17) is 10.6 Å². The second-order valence-corrected chi connectivity index (χ2v) is 1.79. The van der Waals surface area contributed by atoms with Gasteiger partial charge in [-0.1, -0.05) is 12.2 Å². The van der Waals surface area contributed by atoms with Gasteiger partial charge in [-0.25, -0.2) is 5.84 Å². The Kier molecular flexibility index (Phi) is 1.75. The SMILES string of the molecule is COC1=CC=CCN1N. The van der Waals surface area contributed by atoms with Crippen molar-refractivity contribution in [2.75, 3.05) is 13.7 Å². The van der Waals surface area contributed by atoms with Crippen LogP contribution in [0, 0.1) is 0 Å². The number of methoxy groups -OCH3 is 1. The number of allylic oxidation sites excluding steroid dienone is 2. The molecule has 0 saturated heterocycles. The fourth-order valence-corrected chi connectivity index (χ4v) is 0.696. The van der Waals surface area contributed by atoms with Crippen LogP contribution in [0.1, 0.15) is 0 Å². The van der Waals surface area contributed by atoms with Gasteiger partial charge in [0, 0.05) is 0 Å². The second-order valence-electron chi connectivity index (χ2n) is 1.79. The predicted molar refractivity (Wildman–Crippen MR) is 35.1 cm³/mol. The highest BCUT2D eigenvalue weighted by molar-refractivity contribution is 5.12. The van der Waals surface area contributed by atoms with E-state index in [2.05, 4.69) is 0 Å². The standard InChI is InChI=1S/C6H10N2O/c1-9-6-4-2-3-5-8(6)7/h2-4H,5,7H2,1H3. The zero-order valence-electron chi connectivity index (χ0n) is 5.37. The highest BCUT2D eigenvalue weighted by Gasteiger charge is 2.03. The molecule has 0 aromatic rings. The third kappa shape index (κ3) is 1.23. The minimum absolute atomic E-state index is 0.706. The first-order valence-corrected chi connectivity index (χ1v) is 2.77. The zero-order chi connectivity index (χ0) is 6.69. The molecule has 9 heavy (non-hydrogen) atoms. The van der Waals surface area contributed by atoms with Crippen molar-refractivity contribution in [2.45, 2.75) is 0 Å². The summed E-state index contributed by atoms with van der Waals surface area (Å²) in [6.07, 6.45) is 5.70. The van der Waals surface area contributed by atoms with Crippen LogP contribution in [0.3, 0.4) is 0 Å². The average Bonchev–Trinajstić information content (AvgIpc) is 1.89. The zero-order valence-corrected chi connectivity index (χ0v) is 5.37. The summed E-state index contributed by atoms with van der Waals surface area (Å²) in [6, 6.07) is 0. The maximum atomic E-state index is 5.48. The molecular formula is C6H10N2O. The van der Waals surface area contributed by atoms with Crippen LogP contribution in [0.4, 0.5) is 0 Å². The number of nitrogens with two attached hydrogens (primary N) is 1. The molecule has 0 saturated carbocycles. The largest absolute Gasteiger partial charge is 0.481 e. The molecule has 0 radical (unpaired) electrons. The fraction of sp³-hybridized carbons (Fsp3) is 0.333. The monoisotopic (exact) mass is 126 g/mol. The minimum atomic E-state index is 0.706. The van der Waals surface area contributed by atoms with Crippen molar-refractivity contribution < 1.29 is 4.74 Å². The van der Waals surface area contributed by atoms with E-state index in [1.807, 2.05) is 18.2 Å². The maximum Gasteiger partial charge on any atom is 0.203 e. The van der Waals surface area contributed by atoms with E-state index in [0.29, 0.717) is 5.88 Å². The lowest BCUT2D eigenvalue weighted by Crippen LogP contribution is -2.32. The number of hydrogen-bond acceptors (Lipinski definition) is 3. The molecule has 1 aliphatic rings. The van der Waals surface area contributed by atoms with Gasteiger partial charge < -0.3 is 4.74 Å². The van der Waals surface area contributed by atoms with Gasteiger partial charge in [-0.15, -0.1) is 0 Å². The molecule has 0 spiro atoms. The Bertz CT molecular complexity index is 151. The maximum absolute atomic E-state index is 5.48. The summed E-state index contributed by atoms with van der Waals surface area (Å²) in [6.45, 7) is 0.722. The van der Waals surface area contributed by atoms with Crippen molar-refractivity contribution in [3.05, 3.63) is 24.1 Å². The van der Waals surface area contributed by atoms with Crippen molar-refractivity contribution in [3.63, 3.8) is 0 Å². The molecule has 1 heterocycles. The fourth-order valence-electron chi connectivity index (χ4n) is 0.696. The third-order valence-electron chi connectivity index (χ3n) is 1.17. The molecule has 3 nitrogen and oxygen atoms in total. The predicted octanol–water partition coefficient (Wildman–Crippen LogP) is 0.220. The average molecular weight is 126 g/mol. The Labute approximate surface area is 54.4 Å². The van der Waals surface area contributed by atoms with Gasteiger partial charge in [0.25, 0.3) is 0 Å². The Morgan fingerprint density at radius 3 is 3.00 bits per heavy atom. The van der Waals surface area contributed by atoms with Crippen molar-refractivity contribution in [1.29, 1.82) is 0 Å². The minimum Gasteiger partial charge on any atom is -0.481 e. The summed E-state index contributed by atoms with van der Waals surface area (Å²) in [4.78, 5) is 0. The van der Waals surface area contributed by atoms with Crippen LogP contribution in [0.5, 0.6) is 0 Å². The summed E-state index contributed by atoms with van der Waals surface area (Å²) >= 11 is 0. The van der Waals surface area contributed by atoms with E-state index in [1.165, 1.54) is 0 Å². The first-order chi connectivity index (χ1) is 4.34. The van der Waals surface area contributed by atoms with Crippen molar-refractivity contribution in [2.24, 2.45) is 5.84 Å². The van der Waals surface area contributed by atoms with Crippen LogP contribution in [0.2, 0.25) is 0 Å². The quantitative estimate of drug-likeness (QED) is 0.511. The summed E-state index contributed by atoms with van der Waals surface area (Å²) in [5, 5.41) is 1.54. The number of ether oxygens (including phenoxy) is 1. The van der Waals surface area contributed by atoms with Crippen molar-refractivity contribution in [1.82, 2.24) is 5.01 Å². The van der Waals surface area contributed by atoms with Gasteiger partial charge in [0.1, 0.15) is 0 Å². The molecule has 0 fully saturated rings. The van der Waals surface area contributed by atoms with Gasteiger partial charge in [0.05, 0.1) is 13.7 Å². The molecule has 0 amide bonds. The molecule has 0 aromatic carbocycles. The second kappa shape index (κ2) is 2.55. The molecule has 0 bridgehead atoms. The number of hydrazine groups is 1. The molecule has 1 aliphatic heterocycles. The van der Waals surface area contributed by atoms with Gasteiger partial charge in [-0.3, -0.25) is 5.01 Å². The number of hydrogen-bond donors (Lipinski definition) is 1. The van der Waals surface area contributed by atoms with E-state index < -0.39 is 0 Å². The lowest BCUT2D eigenvalue weighted by Gasteiger charge is -2.20. The molecule has 0 aliphatic carbocycles. The van der Waals surface area contributed by atoms with Crippen LogP contribution in [-0.2, 0) is 4.74 Å². The third-order valence-corrected chi connectivity index (χ3v) is 1.17. The normalized spacial score (nSPS) is 17.6. The van der Waals surface area contributed by atoms with Crippen LogP contribution in [-0.4, -0.2) is 18.7 Å². The van der Waals surface area contributed by atoms with E-state index in [0.717, 1.165) is 6.54 Å². The van der Waals surface area contributed by atoms with Crippen LogP contribution in [0.15, 0.2) is 24.1 Å². The molecule has 3 heteroatoms. The molecule has 0 aromatic heterocycles. The van der Waals surface area contributed by atoms with Crippen molar-refractivity contribution >= 4 is 0 Å². The molecular weight excluding hydrogens is 116 g/mol. The highest BCUT2D eigenvalue weighted by Crippen LogP contribution is 2.03. The first-order valence-electron chi connectivity index (χ1n) is 2.77. The summed E-state index contributed by atoms with van der Waals surface area (Å²) < 4.78 is 4.91. The topological polar surface area (TPSA) is 38.5 Å². The molecule has 2 N–H and O–H groups in total. The van der Waals surface area contributed by atoms with Crippen LogP contribution in [0.25, 0.3) is 0 Å². The number of nitrogens with zero attached hydrogens (tertiary/aromatic N) is 1. The summed E-state index contributed by atoms with van der Waals surface area (Å²) in [5.74, 6) is 6.18. The van der Waals surface area contributed by atoms with Gasteiger partial charge in [-0.05, 0) is 6.08 Å². The van der Waals surface area contributed by atoms with Crippen LogP contribution >= 0.6 is 0 Å². The smallest absolute Gasteiger partial charge is 0.203 e. The van der Waals surface area contributed by atoms with Gasteiger partial charge >= 0.3 is 0 Å². The Balaban J connectivity index is 2.63. The Morgan fingerprint density at radius 1 is 1.78 bits per heavy atom.